The van der Waals surface area contributed by atoms with Gasteiger partial charge >= 0.3 is 0 Å². The lowest BCUT2D eigenvalue weighted by atomic mass is 10.0. The van der Waals surface area contributed by atoms with E-state index in [1.807, 2.05) is 54.0 Å². The number of rotatable bonds is 6. The topological polar surface area (TPSA) is 116 Å². The molecule has 0 amide bonds. The van der Waals surface area contributed by atoms with Crippen LogP contribution in [0.4, 0.5) is 11.6 Å². The van der Waals surface area contributed by atoms with Gasteiger partial charge in [0.15, 0.2) is 5.65 Å². The van der Waals surface area contributed by atoms with Gasteiger partial charge in [-0.3, -0.25) is 0 Å². The highest BCUT2D eigenvalue weighted by Crippen LogP contribution is 2.35. The number of benzene rings is 1. The second kappa shape index (κ2) is 8.78. The van der Waals surface area contributed by atoms with Gasteiger partial charge in [0, 0.05) is 23.4 Å². The quantitative estimate of drug-likeness (QED) is 0.391. The minimum atomic E-state index is -0.165. The highest BCUT2D eigenvalue weighted by molar-refractivity contribution is 5.84. The lowest BCUT2D eigenvalue weighted by Gasteiger charge is -2.21. The van der Waals surface area contributed by atoms with Crippen molar-refractivity contribution >= 4 is 17.3 Å². The van der Waals surface area contributed by atoms with Crippen LogP contribution in [0, 0.1) is 6.92 Å². The van der Waals surface area contributed by atoms with Crippen molar-refractivity contribution in [3.8, 4) is 28.3 Å². The summed E-state index contributed by atoms with van der Waals surface area (Å²) in [6, 6.07) is 15.6. The fourth-order valence-electron chi connectivity index (χ4n) is 3.95. The highest BCUT2D eigenvalue weighted by atomic mass is 16.5. The van der Waals surface area contributed by atoms with E-state index in [1.165, 1.54) is 6.33 Å². The van der Waals surface area contributed by atoms with Crippen molar-refractivity contribution in [1.29, 1.82) is 0 Å². The van der Waals surface area contributed by atoms with Crippen molar-refractivity contribution < 1.29 is 4.74 Å². The zero-order chi connectivity index (χ0) is 23.7. The first-order valence-corrected chi connectivity index (χ1v) is 10.8. The van der Waals surface area contributed by atoms with Crippen LogP contribution in [0.1, 0.15) is 24.2 Å². The number of anilines is 2. The first kappa shape index (κ1) is 21.3. The molecule has 3 N–H and O–H groups in total. The van der Waals surface area contributed by atoms with Gasteiger partial charge in [0.2, 0.25) is 5.88 Å². The van der Waals surface area contributed by atoms with Crippen LogP contribution in [0.2, 0.25) is 0 Å². The molecule has 4 aromatic heterocycles. The van der Waals surface area contributed by atoms with Crippen LogP contribution in [-0.2, 0) is 0 Å². The molecule has 9 heteroatoms. The minimum absolute atomic E-state index is 0.165. The molecule has 0 unspecified atom stereocenters. The Bertz CT molecular complexity index is 1470. The maximum absolute atomic E-state index is 6.28. The van der Waals surface area contributed by atoms with Crippen molar-refractivity contribution in [3.63, 3.8) is 0 Å². The lowest BCUT2D eigenvalue weighted by molar-refractivity contribution is 0.398. The largest absolute Gasteiger partial charge is 0.481 e. The number of nitrogens with one attached hydrogen (secondary N) is 1. The Kier molecular flexibility index (Phi) is 5.51. The van der Waals surface area contributed by atoms with Gasteiger partial charge in [-0.15, -0.1) is 0 Å². The number of imidazole rings is 1. The molecule has 0 fully saturated rings. The second-order valence-electron chi connectivity index (χ2n) is 7.92. The Balaban J connectivity index is 1.60. The predicted octanol–water partition coefficient (Wildman–Crippen LogP) is 4.32. The van der Waals surface area contributed by atoms with E-state index >= 15 is 0 Å². The molecule has 9 nitrogen and oxygen atoms in total. The molecule has 1 aromatic carbocycles. The van der Waals surface area contributed by atoms with Crippen molar-refractivity contribution in [2.45, 2.75) is 19.9 Å². The highest BCUT2D eigenvalue weighted by Gasteiger charge is 2.20. The van der Waals surface area contributed by atoms with E-state index < -0.39 is 0 Å². The molecule has 5 aromatic rings. The number of hydrogen-bond donors (Lipinski definition) is 2. The Morgan fingerprint density at radius 1 is 1.00 bits per heavy atom. The molecular formula is C25H24N8O. The van der Waals surface area contributed by atoms with E-state index in [0.717, 1.165) is 33.7 Å². The molecule has 0 bridgehead atoms. The normalized spacial score (nSPS) is 12.0. The molecule has 5 rings (SSSR count). The summed E-state index contributed by atoms with van der Waals surface area (Å²) in [4.78, 5) is 17.4. The molecule has 0 spiro atoms. The fraction of sp³-hybridized carbons (Fsp3) is 0.160. The summed E-state index contributed by atoms with van der Waals surface area (Å²) >= 11 is 0. The number of pyridine rings is 1. The first-order valence-electron chi connectivity index (χ1n) is 10.8. The van der Waals surface area contributed by atoms with E-state index in [-0.39, 0.29) is 6.04 Å². The van der Waals surface area contributed by atoms with Crippen molar-refractivity contribution in [2.24, 2.45) is 0 Å². The molecule has 0 saturated heterocycles. The number of nitrogens with two attached hydrogens (primary N) is 1. The van der Waals surface area contributed by atoms with Crippen LogP contribution in [-0.4, -0.2) is 36.7 Å². The maximum Gasteiger partial charge on any atom is 0.213 e. The average Bonchev–Trinajstić information content (AvgIpc) is 3.23. The lowest BCUT2D eigenvalue weighted by Crippen LogP contribution is -2.13. The van der Waals surface area contributed by atoms with E-state index in [1.54, 1.807) is 19.4 Å². The van der Waals surface area contributed by atoms with Gasteiger partial charge in [-0.25, -0.2) is 24.5 Å². The van der Waals surface area contributed by atoms with E-state index in [4.69, 9.17) is 15.6 Å². The SMILES string of the molecule is COc1cc(-c2c(N)ncnc2N[C@@H](C)c2cc3ncc(C)n3nc2-c2ccccc2)ccn1. The number of methoxy groups -OCH3 is 1. The van der Waals surface area contributed by atoms with Gasteiger partial charge in [-0.1, -0.05) is 30.3 Å². The summed E-state index contributed by atoms with van der Waals surface area (Å²) in [6.07, 6.45) is 4.93. The Hall–Kier alpha value is -4.53. The number of aromatic nitrogens is 6. The van der Waals surface area contributed by atoms with Gasteiger partial charge in [0.25, 0.3) is 0 Å². The van der Waals surface area contributed by atoms with Crippen molar-refractivity contribution in [3.05, 3.63) is 78.5 Å². The smallest absolute Gasteiger partial charge is 0.213 e. The van der Waals surface area contributed by atoms with Gasteiger partial charge in [-0.05, 0) is 31.5 Å². The molecule has 0 radical (unpaired) electrons. The Labute approximate surface area is 196 Å². The number of fused-ring (bicyclic) bond motifs is 1. The number of nitrogen functional groups attached to an aromatic ring is 1. The minimum Gasteiger partial charge on any atom is -0.481 e. The number of ether oxygens (including phenoxy) is 1. The van der Waals surface area contributed by atoms with Crippen molar-refractivity contribution in [1.82, 2.24) is 29.5 Å². The number of nitrogens with zero attached hydrogens (tertiary/aromatic N) is 6. The molecule has 1 atom stereocenters. The monoisotopic (exact) mass is 452 g/mol. The number of aryl methyl sites for hydroxylation is 1. The molecule has 170 valence electrons. The molecule has 0 aliphatic heterocycles. The third-order valence-electron chi connectivity index (χ3n) is 5.67. The van der Waals surface area contributed by atoms with E-state index in [0.29, 0.717) is 23.1 Å². The molecular weight excluding hydrogens is 428 g/mol. The second-order valence-corrected chi connectivity index (χ2v) is 7.92. The molecule has 0 aliphatic carbocycles. The Morgan fingerprint density at radius 3 is 2.62 bits per heavy atom. The van der Waals surface area contributed by atoms with E-state index in [9.17, 15) is 0 Å². The van der Waals surface area contributed by atoms with Crippen molar-refractivity contribution in [2.75, 3.05) is 18.2 Å². The predicted molar refractivity (Wildman–Crippen MR) is 131 cm³/mol. The van der Waals surface area contributed by atoms with Crippen LogP contribution < -0.4 is 15.8 Å². The molecule has 4 heterocycles. The number of hydrogen-bond acceptors (Lipinski definition) is 8. The summed E-state index contributed by atoms with van der Waals surface area (Å²) in [5, 5.41) is 8.44. The summed E-state index contributed by atoms with van der Waals surface area (Å²) in [5.74, 6) is 1.45. The summed E-state index contributed by atoms with van der Waals surface area (Å²) in [6.45, 7) is 4.05. The average molecular weight is 453 g/mol. The standard InChI is InChI=1S/C25H24N8O/c1-15-13-28-20-12-19(23(32-33(15)20)17-7-5-4-6-8-17)16(2)31-25-22(24(26)29-14-30-25)18-9-10-27-21(11-18)34-3/h4-14,16H,1-3H3,(H3,26,29,30,31)/t16-/m0/s1. The third kappa shape index (κ3) is 3.88. The fourth-order valence-corrected chi connectivity index (χ4v) is 3.95. The summed E-state index contributed by atoms with van der Waals surface area (Å²) < 4.78 is 7.14. The van der Waals surface area contributed by atoms with Crippen LogP contribution in [0.3, 0.4) is 0 Å². The summed E-state index contributed by atoms with van der Waals surface area (Å²) in [5.41, 5.74) is 12.4. The van der Waals surface area contributed by atoms with Crippen LogP contribution in [0.25, 0.3) is 28.0 Å². The molecule has 0 aliphatic rings. The zero-order valence-electron chi connectivity index (χ0n) is 19.1. The van der Waals surface area contributed by atoms with Gasteiger partial charge in [0.05, 0.1) is 36.3 Å². The van der Waals surface area contributed by atoms with Gasteiger partial charge in [-0.2, -0.15) is 5.10 Å². The summed E-state index contributed by atoms with van der Waals surface area (Å²) in [7, 11) is 1.57. The maximum atomic E-state index is 6.28. The van der Waals surface area contributed by atoms with E-state index in [2.05, 4.69) is 38.2 Å². The third-order valence-corrected chi connectivity index (χ3v) is 5.67. The van der Waals surface area contributed by atoms with Crippen LogP contribution in [0.15, 0.2) is 67.3 Å². The zero-order valence-corrected chi connectivity index (χ0v) is 19.1. The van der Waals surface area contributed by atoms with Crippen LogP contribution >= 0.6 is 0 Å². The molecule has 0 saturated carbocycles. The molecule has 34 heavy (non-hydrogen) atoms. The van der Waals surface area contributed by atoms with Gasteiger partial charge in [0.1, 0.15) is 18.0 Å². The van der Waals surface area contributed by atoms with Crippen LogP contribution in [0.5, 0.6) is 5.88 Å². The van der Waals surface area contributed by atoms with Gasteiger partial charge < -0.3 is 15.8 Å². The first-order chi connectivity index (χ1) is 16.5. The Morgan fingerprint density at radius 2 is 1.82 bits per heavy atom.